The lowest BCUT2D eigenvalue weighted by molar-refractivity contribution is -0.132. The summed E-state index contributed by atoms with van der Waals surface area (Å²) >= 11 is 0. The molecule has 27 heavy (non-hydrogen) atoms. The first kappa shape index (κ1) is 17.7. The van der Waals surface area contributed by atoms with E-state index in [1.54, 1.807) is 6.92 Å². The fourth-order valence-corrected chi connectivity index (χ4v) is 3.79. The molecule has 0 aliphatic carbocycles. The van der Waals surface area contributed by atoms with Crippen LogP contribution >= 0.6 is 0 Å². The number of hydrogen-bond acceptors (Lipinski definition) is 5. The van der Waals surface area contributed by atoms with Gasteiger partial charge in [0.1, 0.15) is 18.2 Å². The maximum absolute atomic E-state index is 12.9. The highest BCUT2D eigenvalue weighted by Gasteiger charge is 2.24. The van der Waals surface area contributed by atoms with Gasteiger partial charge in [-0.2, -0.15) is 0 Å². The van der Waals surface area contributed by atoms with Gasteiger partial charge in [0.05, 0.1) is 12.2 Å². The number of carbonyl (C=O) groups excluding carboxylic acids is 1. The van der Waals surface area contributed by atoms with Crippen molar-refractivity contribution >= 4 is 5.91 Å². The van der Waals surface area contributed by atoms with E-state index in [2.05, 4.69) is 14.9 Å². The van der Waals surface area contributed by atoms with Crippen molar-refractivity contribution in [3.05, 3.63) is 57.3 Å². The standard InChI is InChI=1S/C20H24N4O3/c1-14-21-17-7-9-24(8-6-16(17)20(26)22-14)19(25)13-23-10-11-27-18-5-3-2-4-15(18)12-23/h2-5H,6-13H2,1H3,(H,21,22,26). The van der Waals surface area contributed by atoms with Gasteiger partial charge in [0, 0.05) is 43.7 Å². The lowest BCUT2D eigenvalue weighted by Gasteiger charge is -2.25. The number of rotatable bonds is 2. The summed E-state index contributed by atoms with van der Waals surface area (Å²) in [5.74, 6) is 1.62. The van der Waals surface area contributed by atoms with E-state index in [4.69, 9.17) is 4.74 Å². The number of hydrogen-bond donors (Lipinski definition) is 1. The number of fused-ring (bicyclic) bond motifs is 2. The maximum Gasteiger partial charge on any atom is 0.254 e. The van der Waals surface area contributed by atoms with Gasteiger partial charge in [-0.3, -0.25) is 14.5 Å². The Kier molecular flexibility index (Phi) is 4.94. The molecule has 0 saturated heterocycles. The average molecular weight is 368 g/mol. The van der Waals surface area contributed by atoms with Crippen LogP contribution in [0, 0.1) is 6.92 Å². The number of nitrogens with zero attached hydrogens (tertiary/aromatic N) is 3. The van der Waals surface area contributed by atoms with Crippen LogP contribution in [0.3, 0.4) is 0 Å². The molecule has 2 aliphatic heterocycles. The van der Waals surface area contributed by atoms with Gasteiger partial charge < -0.3 is 14.6 Å². The molecule has 2 aliphatic rings. The highest BCUT2D eigenvalue weighted by molar-refractivity contribution is 5.78. The third-order valence-corrected chi connectivity index (χ3v) is 5.21. The molecule has 1 aromatic heterocycles. The zero-order valence-electron chi connectivity index (χ0n) is 15.5. The molecule has 0 atom stereocenters. The third kappa shape index (κ3) is 3.88. The van der Waals surface area contributed by atoms with Crippen LogP contribution < -0.4 is 10.3 Å². The van der Waals surface area contributed by atoms with Crippen LogP contribution in [-0.2, 0) is 24.2 Å². The smallest absolute Gasteiger partial charge is 0.254 e. The van der Waals surface area contributed by atoms with Gasteiger partial charge in [-0.05, 0) is 19.4 Å². The molecular weight excluding hydrogens is 344 g/mol. The van der Waals surface area contributed by atoms with Crippen LogP contribution in [0.4, 0.5) is 0 Å². The summed E-state index contributed by atoms with van der Waals surface area (Å²) in [7, 11) is 0. The first-order valence-electron chi connectivity index (χ1n) is 9.39. The Morgan fingerprint density at radius 2 is 2.04 bits per heavy atom. The monoisotopic (exact) mass is 368 g/mol. The van der Waals surface area contributed by atoms with Gasteiger partial charge in [0.25, 0.3) is 5.56 Å². The summed E-state index contributed by atoms with van der Waals surface area (Å²) in [6, 6.07) is 7.97. The Bertz CT molecular complexity index is 908. The molecule has 0 bridgehead atoms. The number of carbonyl (C=O) groups is 1. The van der Waals surface area contributed by atoms with E-state index in [0.29, 0.717) is 57.0 Å². The van der Waals surface area contributed by atoms with Crippen LogP contribution in [0.25, 0.3) is 0 Å². The Morgan fingerprint density at radius 1 is 1.22 bits per heavy atom. The summed E-state index contributed by atoms with van der Waals surface area (Å²) in [5.41, 5.74) is 2.57. The second-order valence-corrected chi connectivity index (χ2v) is 7.12. The van der Waals surface area contributed by atoms with E-state index >= 15 is 0 Å². The van der Waals surface area contributed by atoms with Crippen molar-refractivity contribution in [3.8, 4) is 5.75 Å². The molecule has 0 radical (unpaired) electrons. The van der Waals surface area contributed by atoms with Crippen molar-refractivity contribution in [2.45, 2.75) is 26.3 Å². The van der Waals surface area contributed by atoms with Crippen molar-refractivity contribution in [1.29, 1.82) is 0 Å². The largest absolute Gasteiger partial charge is 0.492 e. The lowest BCUT2D eigenvalue weighted by atomic mass is 10.1. The van der Waals surface area contributed by atoms with E-state index < -0.39 is 0 Å². The predicted octanol–water partition coefficient (Wildman–Crippen LogP) is 0.900. The number of aromatic amines is 1. The van der Waals surface area contributed by atoms with E-state index in [1.807, 2.05) is 29.2 Å². The van der Waals surface area contributed by atoms with E-state index in [0.717, 1.165) is 23.6 Å². The maximum atomic E-state index is 12.9. The Labute approximate surface area is 158 Å². The topological polar surface area (TPSA) is 78.5 Å². The van der Waals surface area contributed by atoms with Gasteiger partial charge in [0.15, 0.2) is 0 Å². The molecule has 0 unspecified atom stereocenters. The number of ether oxygens (including phenoxy) is 1. The van der Waals surface area contributed by atoms with Crippen LogP contribution in [0.1, 0.15) is 22.6 Å². The number of aryl methyl sites for hydroxylation is 1. The number of H-pyrrole nitrogens is 1. The van der Waals surface area contributed by atoms with Crippen molar-refractivity contribution in [1.82, 2.24) is 19.8 Å². The molecule has 2 aromatic rings. The minimum atomic E-state index is -0.0759. The zero-order valence-corrected chi connectivity index (χ0v) is 15.5. The van der Waals surface area contributed by atoms with Gasteiger partial charge in [-0.15, -0.1) is 0 Å². The molecule has 0 spiro atoms. The third-order valence-electron chi connectivity index (χ3n) is 5.21. The summed E-state index contributed by atoms with van der Waals surface area (Å²) in [6.07, 6.45) is 1.17. The Morgan fingerprint density at radius 3 is 2.93 bits per heavy atom. The summed E-state index contributed by atoms with van der Waals surface area (Å²) < 4.78 is 5.78. The molecule has 3 heterocycles. The van der Waals surface area contributed by atoms with E-state index in [9.17, 15) is 9.59 Å². The predicted molar refractivity (Wildman–Crippen MR) is 101 cm³/mol. The van der Waals surface area contributed by atoms with Gasteiger partial charge in [-0.1, -0.05) is 18.2 Å². The number of amides is 1. The summed E-state index contributed by atoms with van der Waals surface area (Å²) in [5, 5.41) is 0. The highest BCUT2D eigenvalue weighted by atomic mass is 16.5. The summed E-state index contributed by atoms with van der Waals surface area (Å²) in [6.45, 7) is 5.30. The molecule has 1 N–H and O–H groups in total. The molecule has 4 rings (SSSR count). The Balaban J connectivity index is 1.42. The quantitative estimate of drug-likeness (QED) is 0.852. The minimum absolute atomic E-state index is 0.0759. The van der Waals surface area contributed by atoms with Gasteiger partial charge in [-0.25, -0.2) is 4.98 Å². The normalized spacial score (nSPS) is 17.3. The van der Waals surface area contributed by atoms with E-state index in [1.165, 1.54) is 0 Å². The number of para-hydroxylation sites is 1. The van der Waals surface area contributed by atoms with Crippen LogP contribution in [0.5, 0.6) is 5.75 Å². The minimum Gasteiger partial charge on any atom is -0.492 e. The van der Waals surface area contributed by atoms with Gasteiger partial charge in [0.2, 0.25) is 5.91 Å². The summed E-state index contributed by atoms with van der Waals surface area (Å²) in [4.78, 5) is 36.3. The number of nitrogens with one attached hydrogen (secondary N) is 1. The lowest BCUT2D eigenvalue weighted by Crippen LogP contribution is -2.42. The van der Waals surface area contributed by atoms with Crippen molar-refractivity contribution < 1.29 is 9.53 Å². The zero-order chi connectivity index (χ0) is 18.8. The SMILES string of the molecule is Cc1nc2c(c(=O)[nH]1)CCN(C(=O)CN1CCOc3ccccc3C1)CC2. The molecule has 0 saturated carbocycles. The average Bonchev–Trinajstić information content (AvgIpc) is 2.97. The van der Waals surface area contributed by atoms with Crippen LogP contribution in [-0.4, -0.2) is 58.5 Å². The number of aromatic nitrogens is 2. The van der Waals surface area contributed by atoms with Crippen molar-refractivity contribution in [2.24, 2.45) is 0 Å². The second-order valence-electron chi connectivity index (χ2n) is 7.12. The van der Waals surface area contributed by atoms with Crippen molar-refractivity contribution in [2.75, 3.05) is 32.8 Å². The highest BCUT2D eigenvalue weighted by Crippen LogP contribution is 2.22. The molecule has 1 aromatic carbocycles. The molecular formula is C20H24N4O3. The van der Waals surface area contributed by atoms with Crippen LogP contribution in [0.2, 0.25) is 0 Å². The molecule has 142 valence electrons. The molecule has 1 amide bonds. The van der Waals surface area contributed by atoms with Crippen molar-refractivity contribution in [3.63, 3.8) is 0 Å². The Hall–Kier alpha value is -2.67. The first-order chi connectivity index (χ1) is 13.1. The van der Waals surface area contributed by atoms with Gasteiger partial charge >= 0.3 is 0 Å². The fraction of sp³-hybridized carbons (Fsp3) is 0.450. The molecule has 0 fully saturated rings. The molecule has 7 heteroatoms. The van der Waals surface area contributed by atoms with E-state index in [-0.39, 0.29) is 11.5 Å². The van der Waals surface area contributed by atoms with Crippen LogP contribution in [0.15, 0.2) is 29.1 Å². The second kappa shape index (κ2) is 7.52. The fourth-order valence-electron chi connectivity index (χ4n) is 3.79. The molecule has 7 nitrogen and oxygen atoms in total. The first-order valence-corrected chi connectivity index (χ1v) is 9.39. The number of benzene rings is 1.